The summed E-state index contributed by atoms with van der Waals surface area (Å²) in [6.45, 7) is 6.97. The SMILES string of the molecule is CC(C)(C)[C@@H]1CCc2nc3ccccc3c(C(=O)OCc3ccc(C#N)cc3)c2C1. The molecular weight excluding hydrogens is 372 g/mol. The summed E-state index contributed by atoms with van der Waals surface area (Å²) in [7, 11) is 0. The highest BCUT2D eigenvalue weighted by molar-refractivity contribution is 6.05. The quantitative estimate of drug-likeness (QED) is 0.538. The van der Waals surface area contributed by atoms with Crippen LogP contribution in [0.4, 0.5) is 0 Å². The number of benzene rings is 2. The Morgan fingerprint density at radius 2 is 1.90 bits per heavy atom. The Kier molecular flexibility index (Phi) is 5.30. The molecule has 0 amide bonds. The van der Waals surface area contributed by atoms with Gasteiger partial charge in [0.25, 0.3) is 0 Å². The maximum atomic E-state index is 13.3. The zero-order chi connectivity index (χ0) is 21.3. The van der Waals surface area contributed by atoms with Gasteiger partial charge in [0.2, 0.25) is 0 Å². The van der Waals surface area contributed by atoms with Gasteiger partial charge < -0.3 is 4.74 Å². The number of para-hydroxylation sites is 1. The van der Waals surface area contributed by atoms with E-state index in [1.807, 2.05) is 36.4 Å². The zero-order valence-electron chi connectivity index (χ0n) is 17.7. The van der Waals surface area contributed by atoms with Crippen LogP contribution in [0.5, 0.6) is 0 Å². The fourth-order valence-corrected chi connectivity index (χ4v) is 4.26. The minimum atomic E-state index is -0.302. The van der Waals surface area contributed by atoms with E-state index in [4.69, 9.17) is 15.0 Å². The van der Waals surface area contributed by atoms with Crippen molar-refractivity contribution in [3.63, 3.8) is 0 Å². The molecule has 0 radical (unpaired) electrons. The largest absolute Gasteiger partial charge is 0.457 e. The third-order valence-corrected chi connectivity index (χ3v) is 6.14. The van der Waals surface area contributed by atoms with Crippen molar-refractivity contribution in [2.75, 3.05) is 0 Å². The Hall–Kier alpha value is -3.19. The fourth-order valence-electron chi connectivity index (χ4n) is 4.26. The van der Waals surface area contributed by atoms with Crippen molar-refractivity contribution in [2.24, 2.45) is 11.3 Å². The molecule has 2 aromatic carbocycles. The zero-order valence-corrected chi connectivity index (χ0v) is 17.7. The molecule has 0 spiro atoms. The van der Waals surface area contributed by atoms with E-state index in [2.05, 4.69) is 26.8 Å². The molecular formula is C26H26N2O2. The Balaban J connectivity index is 1.69. The first-order valence-corrected chi connectivity index (χ1v) is 10.4. The number of hydrogen-bond acceptors (Lipinski definition) is 4. The molecule has 0 fully saturated rings. The van der Waals surface area contributed by atoms with Crippen LogP contribution >= 0.6 is 0 Å². The van der Waals surface area contributed by atoms with Gasteiger partial charge in [0, 0.05) is 11.1 Å². The number of nitriles is 1. The number of aromatic nitrogens is 1. The number of rotatable bonds is 3. The van der Waals surface area contributed by atoms with Crippen LogP contribution in [0.25, 0.3) is 10.9 Å². The van der Waals surface area contributed by atoms with Crippen LogP contribution in [0.3, 0.4) is 0 Å². The first-order valence-electron chi connectivity index (χ1n) is 10.4. The molecule has 0 aliphatic heterocycles. The molecule has 152 valence electrons. The number of nitrogens with zero attached hydrogens (tertiary/aromatic N) is 2. The smallest absolute Gasteiger partial charge is 0.339 e. The minimum absolute atomic E-state index is 0.174. The third kappa shape index (κ3) is 3.93. The second-order valence-corrected chi connectivity index (χ2v) is 9.12. The van der Waals surface area contributed by atoms with E-state index >= 15 is 0 Å². The molecule has 1 atom stereocenters. The highest BCUT2D eigenvalue weighted by Gasteiger charge is 2.33. The lowest BCUT2D eigenvalue weighted by atomic mass is 9.70. The number of carbonyl (C=O) groups is 1. The summed E-state index contributed by atoms with van der Waals surface area (Å²) in [4.78, 5) is 18.2. The van der Waals surface area contributed by atoms with Crippen LogP contribution in [0.1, 0.15) is 59.9 Å². The normalized spacial score (nSPS) is 16.0. The lowest BCUT2D eigenvalue weighted by Gasteiger charge is -2.35. The molecule has 4 rings (SSSR count). The van der Waals surface area contributed by atoms with Gasteiger partial charge in [-0.05, 0) is 59.9 Å². The summed E-state index contributed by atoms with van der Waals surface area (Å²) in [5.74, 6) is 0.196. The van der Waals surface area contributed by atoms with Crippen LogP contribution < -0.4 is 0 Å². The van der Waals surface area contributed by atoms with Crippen LogP contribution in [0.15, 0.2) is 48.5 Å². The van der Waals surface area contributed by atoms with Crippen LogP contribution in [-0.2, 0) is 24.2 Å². The fraction of sp³-hybridized carbons (Fsp3) is 0.346. The summed E-state index contributed by atoms with van der Waals surface area (Å²) in [6.07, 6.45) is 2.82. The second-order valence-electron chi connectivity index (χ2n) is 9.12. The summed E-state index contributed by atoms with van der Waals surface area (Å²) < 4.78 is 5.73. The van der Waals surface area contributed by atoms with E-state index in [9.17, 15) is 4.79 Å². The summed E-state index contributed by atoms with van der Waals surface area (Å²) >= 11 is 0. The maximum absolute atomic E-state index is 13.3. The number of aryl methyl sites for hydroxylation is 1. The minimum Gasteiger partial charge on any atom is -0.457 e. The van der Waals surface area contributed by atoms with Gasteiger partial charge in [0.15, 0.2) is 0 Å². The molecule has 4 nitrogen and oxygen atoms in total. The number of pyridine rings is 1. The monoisotopic (exact) mass is 398 g/mol. The number of hydrogen-bond donors (Lipinski definition) is 0. The van der Waals surface area contributed by atoms with Gasteiger partial charge in [-0.25, -0.2) is 4.79 Å². The van der Waals surface area contributed by atoms with E-state index in [1.165, 1.54) is 0 Å². The van der Waals surface area contributed by atoms with Gasteiger partial charge in [-0.3, -0.25) is 4.98 Å². The van der Waals surface area contributed by atoms with Crippen molar-refractivity contribution in [3.8, 4) is 6.07 Å². The van der Waals surface area contributed by atoms with Gasteiger partial charge >= 0.3 is 5.97 Å². The highest BCUT2D eigenvalue weighted by atomic mass is 16.5. The molecule has 0 bridgehead atoms. The van der Waals surface area contributed by atoms with Crippen LogP contribution in [-0.4, -0.2) is 11.0 Å². The Bertz CT molecular complexity index is 1130. The Morgan fingerprint density at radius 3 is 2.60 bits per heavy atom. The summed E-state index contributed by atoms with van der Waals surface area (Å²) in [5.41, 5.74) is 5.21. The third-order valence-electron chi connectivity index (χ3n) is 6.14. The van der Waals surface area contributed by atoms with Crippen molar-refractivity contribution in [3.05, 3.63) is 76.5 Å². The standard InChI is InChI=1S/C26H26N2O2/c1-26(2,3)19-12-13-23-21(14-19)24(20-6-4-5-7-22(20)28-23)25(29)30-16-18-10-8-17(15-27)9-11-18/h4-11,19H,12-14,16H2,1-3H3/t19-/m1/s1. The molecule has 1 aliphatic rings. The predicted octanol–water partition coefficient (Wildman–Crippen LogP) is 5.61. The second kappa shape index (κ2) is 7.91. The van der Waals surface area contributed by atoms with E-state index in [-0.39, 0.29) is 18.0 Å². The van der Waals surface area contributed by atoms with Crippen LogP contribution in [0.2, 0.25) is 0 Å². The first-order chi connectivity index (χ1) is 14.4. The van der Waals surface area contributed by atoms with Crippen molar-refractivity contribution in [1.29, 1.82) is 5.26 Å². The van der Waals surface area contributed by atoms with E-state index in [0.29, 0.717) is 17.0 Å². The number of ether oxygens (including phenoxy) is 1. The van der Waals surface area contributed by atoms with Gasteiger partial charge in [0.05, 0.1) is 22.7 Å². The highest BCUT2D eigenvalue weighted by Crippen LogP contribution is 2.39. The average molecular weight is 399 g/mol. The molecule has 1 aliphatic carbocycles. The number of fused-ring (bicyclic) bond motifs is 2. The topological polar surface area (TPSA) is 63.0 Å². The molecule has 1 aromatic heterocycles. The summed E-state index contributed by atoms with van der Waals surface area (Å²) in [6, 6.07) is 17.0. The van der Waals surface area contributed by atoms with Gasteiger partial charge in [-0.15, -0.1) is 0 Å². The lowest BCUT2D eigenvalue weighted by Crippen LogP contribution is -2.29. The molecule has 0 saturated heterocycles. The van der Waals surface area contributed by atoms with Crippen molar-refractivity contribution in [2.45, 2.75) is 46.6 Å². The molecule has 0 unspecified atom stereocenters. The van der Waals surface area contributed by atoms with Crippen molar-refractivity contribution < 1.29 is 9.53 Å². The predicted molar refractivity (Wildman–Crippen MR) is 117 cm³/mol. The lowest BCUT2D eigenvalue weighted by molar-refractivity contribution is 0.0472. The Morgan fingerprint density at radius 1 is 1.17 bits per heavy atom. The van der Waals surface area contributed by atoms with Gasteiger partial charge in [-0.1, -0.05) is 51.1 Å². The first kappa shape index (κ1) is 20.1. The average Bonchev–Trinajstić information content (AvgIpc) is 2.75. The summed E-state index contributed by atoms with van der Waals surface area (Å²) in [5, 5.41) is 9.80. The maximum Gasteiger partial charge on any atom is 0.339 e. The molecule has 3 aromatic rings. The Labute approximate surface area is 177 Å². The van der Waals surface area contributed by atoms with E-state index in [1.54, 1.807) is 12.1 Å². The van der Waals surface area contributed by atoms with Crippen molar-refractivity contribution >= 4 is 16.9 Å². The number of carbonyl (C=O) groups excluding carboxylic acids is 1. The molecule has 0 N–H and O–H groups in total. The van der Waals surface area contributed by atoms with E-state index in [0.717, 1.165) is 47.0 Å². The van der Waals surface area contributed by atoms with Gasteiger partial charge in [0.1, 0.15) is 6.61 Å². The van der Waals surface area contributed by atoms with Crippen molar-refractivity contribution in [1.82, 2.24) is 4.98 Å². The van der Waals surface area contributed by atoms with E-state index < -0.39 is 0 Å². The van der Waals surface area contributed by atoms with Crippen LogP contribution in [0, 0.1) is 22.7 Å². The number of esters is 1. The molecule has 0 saturated carbocycles. The molecule has 30 heavy (non-hydrogen) atoms. The molecule has 1 heterocycles. The molecule has 4 heteroatoms. The van der Waals surface area contributed by atoms with Gasteiger partial charge in [-0.2, -0.15) is 5.26 Å².